The summed E-state index contributed by atoms with van der Waals surface area (Å²) in [5, 5.41) is 4.61. The molecule has 0 fully saturated rings. The van der Waals surface area contributed by atoms with Crippen LogP contribution in [0.4, 0.5) is 14.5 Å². The second-order valence-corrected chi connectivity index (χ2v) is 14.2. The van der Waals surface area contributed by atoms with Gasteiger partial charge in [-0.1, -0.05) is 19.6 Å². The van der Waals surface area contributed by atoms with E-state index in [0.717, 1.165) is 18.2 Å². The number of H-pyrrole nitrogens is 1. The van der Waals surface area contributed by atoms with E-state index in [1.54, 1.807) is 12.1 Å². The highest BCUT2D eigenvalue weighted by Crippen LogP contribution is 2.32. The Labute approximate surface area is 200 Å². The summed E-state index contributed by atoms with van der Waals surface area (Å²) in [5.74, 6) is -2.81. The van der Waals surface area contributed by atoms with E-state index in [9.17, 15) is 23.2 Å². The number of amides is 2. The van der Waals surface area contributed by atoms with Crippen molar-refractivity contribution in [3.8, 4) is 5.88 Å². The van der Waals surface area contributed by atoms with Crippen LogP contribution in [0.2, 0.25) is 19.6 Å². The van der Waals surface area contributed by atoms with E-state index < -0.39 is 43.1 Å². The number of carbonyl (C=O) groups is 2. The summed E-state index contributed by atoms with van der Waals surface area (Å²) >= 11 is 0. The van der Waals surface area contributed by atoms with Gasteiger partial charge in [0, 0.05) is 35.5 Å². The molecule has 0 spiro atoms. The molecule has 4 rings (SSSR count). The normalized spacial score (nSPS) is 15.5. The van der Waals surface area contributed by atoms with E-state index in [2.05, 4.69) is 10.3 Å². The van der Waals surface area contributed by atoms with Crippen LogP contribution in [-0.4, -0.2) is 48.6 Å². The van der Waals surface area contributed by atoms with Crippen LogP contribution in [-0.2, 0) is 11.2 Å². The molecule has 0 radical (unpaired) electrons. The van der Waals surface area contributed by atoms with Crippen LogP contribution in [0.5, 0.6) is 5.88 Å². The number of aromatic nitrogens is 2. The molecule has 0 aliphatic carbocycles. The van der Waals surface area contributed by atoms with E-state index in [4.69, 9.17) is 9.26 Å². The zero-order valence-electron chi connectivity index (χ0n) is 19.6. The molecule has 2 aromatic heterocycles. The van der Waals surface area contributed by atoms with E-state index in [1.807, 2.05) is 24.8 Å². The topological polar surface area (TPSA) is 118 Å². The molecule has 3 heterocycles. The average Bonchev–Trinajstić information content (AvgIpc) is 3.22. The highest BCUT2D eigenvalue weighted by molar-refractivity contribution is 6.88. The predicted octanol–water partition coefficient (Wildman–Crippen LogP) is 2.57. The fourth-order valence-corrected chi connectivity index (χ4v) is 5.76. The SMILES string of the molecule is COc1ccc2c(n1)CCN(C(=O)c1cc(=O)[nH]o1)C2C(=O)Nc1cc(F)c([Si](C)(C)C)c(F)c1. The summed E-state index contributed by atoms with van der Waals surface area (Å²) in [6, 6.07) is 5.08. The number of pyridine rings is 1. The molecule has 2 amide bonds. The molecule has 12 heteroatoms. The van der Waals surface area contributed by atoms with Crippen molar-refractivity contribution in [2.45, 2.75) is 32.1 Å². The van der Waals surface area contributed by atoms with Gasteiger partial charge >= 0.3 is 0 Å². The first-order valence-electron chi connectivity index (χ1n) is 10.8. The second-order valence-electron chi connectivity index (χ2n) is 9.17. The average molecular weight is 503 g/mol. The van der Waals surface area contributed by atoms with Crippen LogP contribution in [0.25, 0.3) is 0 Å². The van der Waals surface area contributed by atoms with Crippen molar-refractivity contribution in [1.29, 1.82) is 0 Å². The number of hydrogen-bond acceptors (Lipinski definition) is 6. The number of fused-ring (bicyclic) bond motifs is 1. The van der Waals surface area contributed by atoms with Crippen LogP contribution < -0.4 is 20.8 Å². The molecule has 1 atom stereocenters. The predicted molar refractivity (Wildman–Crippen MR) is 126 cm³/mol. The molecule has 3 aromatic rings. The van der Waals surface area contributed by atoms with E-state index >= 15 is 0 Å². The highest BCUT2D eigenvalue weighted by Gasteiger charge is 2.39. The largest absolute Gasteiger partial charge is 0.481 e. The molecule has 1 unspecified atom stereocenters. The van der Waals surface area contributed by atoms with E-state index in [0.29, 0.717) is 23.6 Å². The zero-order chi connectivity index (χ0) is 25.5. The van der Waals surface area contributed by atoms with Crippen molar-refractivity contribution in [3.05, 3.63) is 69.3 Å². The molecule has 0 saturated heterocycles. The lowest BCUT2D eigenvalue weighted by molar-refractivity contribution is -0.121. The number of benzene rings is 1. The van der Waals surface area contributed by atoms with Crippen molar-refractivity contribution in [1.82, 2.24) is 15.0 Å². The molecule has 184 valence electrons. The molecule has 1 aromatic carbocycles. The van der Waals surface area contributed by atoms with Gasteiger partial charge in [-0.2, -0.15) is 5.16 Å². The summed E-state index contributed by atoms with van der Waals surface area (Å²) in [6.45, 7) is 5.53. The summed E-state index contributed by atoms with van der Waals surface area (Å²) < 4.78 is 39.6. The van der Waals surface area contributed by atoms with E-state index in [1.165, 1.54) is 12.0 Å². The summed E-state index contributed by atoms with van der Waals surface area (Å²) in [5.41, 5.74) is 0.267. The standard InChI is InChI=1S/C23H24F2N4O5Si/c1-33-19-6-5-13-16(27-19)7-8-29(23(32)17-11-18(30)28-34-17)20(13)22(31)26-12-9-14(24)21(15(25)10-12)35(2,3)4/h5-6,9-11,20H,7-8H2,1-4H3,(H,26,31)(H,28,30). The van der Waals surface area contributed by atoms with Crippen LogP contribution >= 0.6 is 0 Å². The highest BCUT2D eigenvalue weighted by atomic mass is 28.3. The van der Waals surface area contributed by atoms with Gasteiger partial charge in [-0.3, -0.25) is 14.4 Å². The third-order valence-electron chi connectivity index (χ3n) is 5.69. The lowest BCUT2D eigenvalue weighted by Crippen LogP contribution is -2.46. The van der Waals surface area contributed by atoms with Gasteiger partial charge in [0.1, 0.15) is 17.7 Å². The lowest BCUT2D eigenvalue weighted by atomic mass is 9.95. The number of halogens is 2. The number of carbonyl (C=O) groups excluding carboxylic acids is 2. The molecule has 2 N–H and O–H groups in total. The smallest absolute Gasteiger partial charge is 0.293 e. The first-order valence-corrected chi connectivity index (χ1v) is 14.3. The van der Waals surface area contributed by atoms with Crippen LogP contribution in [0.1, 0.15) is 27.9 Å². The van der Waals surface area contributed by atoms with Crippen molar-refractivity contribution in [2.24, 2.45) is 0 Å². The van der Waals surface area contributed by atoms with Crippen LogP contribution in [0.3, 0.4) is 0 Å². The van der Waals surface area contributed by atoms with Gasteiger partial charge in [-0.15, -0.1) is 0 Å². The summed E-state index contributed by atoms with van der Waals surface area (Å²) in [7, 11) is -0.853. The third kappa shape index (κ3) is 4.74. The fraction of sp³-hybridized carbons (Fsp3) is 0.304. The lowest BCUT2D eigenvalue weighted by Gasteiger charge is -2.35. The number of aromatic amines is 1. The van der Waals surface area contributed by atoms with Gasteiger partial charge in [-0.05, 0) is 18.2 Å². The molecular formula is C23H24F2N4O5Si. The zero-order valence-corrected chi connectivity index (χ0v) is 20.6. The Bertz CT molecular complexity index is 1340. The van der Waals surface area contributed by atoms with Gasteiger partial charge in [-0.25, -0.2) is 13.8 Å². The number of nitrogens with one attached hydrogen (secondary N) is 2. The molecule has 0 saturated carbocycles. The number of ether oxygens (including phenoxy) is 1. The van der Waals surface area contributed by atoms with Crippen molar-refractivity contribution < 1.29 is 27.6 Å². The van der Waals surface area contributed by atoms with Crippen LogP contribution in [0.15, 0.2) is 39.6 Å². The number of methoxy groups -OCH3 is 1. The van der Waals surface area contributed by atoms with Crippen molar-refractivity contribution in [3.63, 3.8) is 0 Å². The quantitative estimate of drug-likeness (QED) is 0.518. The minimum absolute atomic E-state index is 0.0362. The molecule has 1 aliphatic heterocycles. The minimum atomic E-state index is -2.31. The Morgan fingerprint density at radius 3 is 2.46 bits per heavy atom. The Morgan fingerprint density at radius 2 is 1.89 bits per heavy atom. The van der Waals surface area contributed by atoms with Gasteiger partial charge in [0.25, 0.3) is 17.4 Å². The molecule has 1 aliphatic rings. The maximum atomic E-state index is 14.8. The van der Waals surface area contributed by atoms with Crippen molar-refractivity contribution >= 4 is 30.8 Å². The monoisotopic (exact) mass is 502 g/mol. The maximum Gasteiger partial charge on any atom is 0.293 e. The van der Waals surface area contributed by atoms with Gasteiger partial charge in [0.15, 0.2) is 0 Å². The van der Waals surface area contributed by atoms with Crippen molar-refractivity contribution in [2.75, 3.05) is 19.0 Å². The Kier molecular flexibility index (Phi) is 6.32. The summed E-state index contributed by atoms with van der Waals surface area (Å²) in [6.07, 6.45) is 0.310. The minimum Gasteiger partial charge on any atom is -0.481 e. The third-order valence-corrected chi connectivity index (χ3v) is 7.67. The van der Waals surface area contributed by atoms with E-state index in [-0.39, 0.29) is 23.2 Å². The summed E-state index contributed by atoms with van der Waals surface area (Å²) in [4.78, 5) is 43.6. The Morgan fingerprint density at radius 1 is 1.20 bits per heavy atom. The number of anilines is 1. The Hall–Kier alpha value is -3.80. The molecule has 0 bridgehead atoms. The second kappa shape index (κ2) is 9.10. The number of nitrogens with zero attached hydrogens (tertiary/aromatic N) is 2. The number of rotatable bonds is 5. The van der Waals surface area contributed by atoms with Crippen LogP contribution in [0, 0.1) is 11.6 Å². The molecule has 35 heavy (non-hydrogen) atoms. The first-order chi connectivity index (χ1) is 16.5. The van der Waals surface area contributed by atoms with Gasteiger partial charge < -0.3 is 19.5 Å². The maximum absolute atomic E-state index is 14.8. The fourth-order valence-electron chi connectivity index (χ4n) is 4.18. The Balaban J connectivity index is 1.72. The van der Waals surface area contributed by atoms with Gasteiger partial charge in [0.05, 0.1) is 26.9 Å². The van der Waals surface area contributed by atoms with Gasteiger partial charge in [0.2, 0.25) is 11.6 Å². The molecule has 9 nitrogen and oxygen atoms in total. The number of hydrogen-bond donors (Lipinski definition) is 2. The molecular weight excluding hydrogens is 478 g/mol. The first kappa shape index (κ1) is 24.3.